The van der Waals surface area contributed by atoms with Gasteiger partial charge in [-0.2, -0.15) is 18.4 Å². The predicted octanol–water partition coefficient (Wildman–Crippen LogP) is 4.96. The Bertz CT molecular complexity index is 625. The summed E-state index contributed by atoms with van der Waals surface area (Å²) in [5, 5.41) is 8.35. The van der Waals surface area contributed by atoms with E-state index in [0.29, 0.717) is 15.3 Å². The second kappa shape index (κ2) is 4.63. The van der Waals surface area contributed by atoms with E-state index in [0.717, 1.165) is 6.07 Å². The molecule has 0 radical (unpaired) electrons. The number of hydrogen-bond donors (Lipinski definition) is 0. The van der Waals surface area contributed by atoms with Crippen molar-refractivity contribution >= 4 is 22.9 Å². The molecular weight excluding hydrogens is 283 g/mol. The summed E-state index contributed by atoms with van der Waals surface area (Å²) in [7, 11) is 0. The molecule has 1 heterocycles. The fourth-order valence-electron chi connectivity index (χ4n) is 1.45. The summed E-state index contributed by atoms with van der Waals surface area (Å²) in [6.45, 7) is 0. The van der Waals surface area contributed by atoms with Gasteiger partial charge in [-0.15, -0.1) is 11.3 Å². The first-order valence-corrected chi connectivity index (χ1v) is 5.98. The predicted molar refractivity (Wildman–Crippen MR) is 64.5 cm³/mol. The SMILES string of the molecule is N#Cc1ccc(-c2ccc(C(F)(F)F)c(Cl)c2)s1. The summed E-state index contributed by atoms with van der Waals surface area (Å²) in [5.41, 5.74) is -0.288. The maximum Gasteiger partial charge on any atom is 0.417 e. The highest BCUT2D eigenvalue weighted by Crippen LogP contribution is 2.37. The molecule has 92 valence electrons. The van der Waals surface area contributed by atoms with E-state index in [4.69, 9.17) is 16.9 Å². The molecule has 0 unspecified atom stereocenters. The number of nitrogens with zero attached hydrogens (tertiary/aromatic N) is 1. The Labute approximate surface area is 110 Å². The zero-order valence-electron chi connectivity index (χ0n) is 8.75. The van der Waals surface area contributed by atoms with E-state index < -0.39 is 11.7 Å². The molecule has 0 N–H and O–H groups in total. The molecule has 2 aromatic rings. The molecule has 0 aliphatic heterocycles. The van der Waals surface area contributed by atoms with E-state index in [2.05, 4.69) is 0 Å². The Kier molecular flexibility index (Phi) is 3.33. The highest BCUT2D eigenvalue weighted by molar-refractivity contribution is 7.16. The monoisotopic (exact) mass is 287 g/mol. The number of benzene rings is 1. The van der Waals surface area contributed by atoms with Crippen molar-refractivity contribution in [2.75, 3.05) is 0 Å². The maximum absolute atomic E-state index is 12.5. The third kappa shape index (κ3) is 2.50. The molecule has 1 nitrogen and oxygen atoms in total. The second-order valence-electron chi connectivity index (χ2n) is 3.47. The van der Waals surface area contributed by atoms with Gasteiger partial charge in [0.2, 0.25) is 0 Å². The molecule has 2 rings (SSSR count). The van der Waals surface area contributed by atoms with Crippen molar-refractivity contribution in [1.29, 1.82) is 5.26 Å². The first-order chi connectivity index (χ1) is 8.41. The Balaban J connectivity index is 2.44. The van der Waals surface area contributed by atoms with Gasteiger partial charge < -0.3 is 0 Å². The van der Waals surface area contributed by atoms with Gasteiger partial charge in [0, 0.05) is 4.88 Å². The minimum atomic E-state index is -4.46. The van der Waals surface area contributed by atoms with Crippen molar-refractivity contribution in [1.82, 2.24) is 0 Å². The van der Waals surface area contributed by atoms with E-state index in [-0.39, 0.29) is 5.02 Å². The van der Waals surface area contributed by atoms with E-state index in [1.54, 1.807) is 12.1 Å². The molecule has 6 heteroatoms. The molecule has 0 aliphatic carbocycles. The Hall–Kier alpha value is -1.51. The van der Waals surface area contributed by atoms with Gasteiger partial charge in [-0.3, -0.25) is 0 Å². The van der Waals surface area contributed by atoms with Crippen molar-refractivity contribution in [2.45, 2.75) is 6.18 Å². The number of alkyl halides is 3. The maximum atomic E-state index is 12.5. The van der Waals surface area contributed by atoms with E-state index in [9.17, 15) is 13.2 Å². The number of hydrogen-bond acceptors (Lipinski definition) is 2. The topological polar surface area (TPSA) is 23.8 Å². The standard InChI is InChI=1S/C12H5ClF3NS/c13-10-5-7(1-3-9(10)12(14,15)16)11-4-2-8(6-17)18-11/h1-5H. The largest absolute Gasteiger partial charge is 0.417 e. The molecule has 0 aliphatic rings. The van der Waals surface area contributed by atoms with Crippen LogP contribution in [0.25, 0.3) is 10.4 Å². The first-order valence-electron chi connectivity index (χ1n) is 4.79. The molecule has 0 amide bonds. The Morgan fingerprint density at radius 2 is 1.89 bits per heavy atom. The van der Waals surface area contributed by atoms with Crippen molar-refractivity contribution in [2.24, 2.45) is 0 Å². The lowest BCUT2D eigenvalue weighted by Gasteiger charge is -2.09. The lowest BCUT2D eigenvalue weighted by Crippen LogP contribution is -2.05. The molecule has 1 aromatic heterocycles. The average Bonchev–Trinajstić information content (AvgIpc) is 2.75. The van der Waals surface area contributed by atoms with Gasteiger partial charge in [0.05, 0.1) is 10.6 Å². The summed E-state index contributed by atoms with van der Waals surface area (Å²) in [4.78, 5) is 1.21. The molecule has 18 heavy (non-hydrogen) atoms. The first kappa shape index (κ1) is 12.9. The van der Waals surface area contributed by atoms with E-state index in [1.807, 2.05) is 6.07 Å². The smallest absolute Gasteiger partial charge is 0.192 e. The van der Waals surface area contributed by atoms with Crippen LogP contribution in [0, 0.1) is 11.3 Å². The lowest BCUT2D eigenvalue weighted by atomic mass is 10.1. The van der Waals surface area contributed by atoms with Gasteiger partial charge in [-0.25, -0.2) is 0 Å². The normalized spacial score (nSPS) is 11.3. The van der Waals surface area contributed by atoms with Gasteiger partial charge in [-0.05, 0) is 29.8 Å². The highest BCUT2D eigenvalue weighted by Gasteiger charge is 2.33. The quantitative estimate of drug-likeness (QED) is 0.727. The number of thiophene rings is 1. The molecule has 0 atom stereocenters. The van der Waals surface area contributed by atoms with E-state index >= 15 is 0 Å². The highest BCUT2D eigenvalue weighted by atomic mass is 35.5. The van der Waals surface area contributed by atoms with Gasteiger partial charge in [0.1, 0.15) is 10.9 Å². The molecule has 0 fully saturated rings. The number of halogens is 4. The molecule has 0 spiro atoms. The third-order valence-electron chi connectivity index (χ3n) is 2.28. The van der Waals surface area contributed by atoms with Crippen LogP contribution in [0.4, 0.5) is 13.2 Å². The molecule has 0 saturated carbocycles. The summed E-state index contributed by atoms with van der Waals surface area (Å²) in [6, 6.07) is 8.83. The molecule has 0 bridgehead atoms. The van der Waals surface area contributed by atoms with Crippen LogP contribution in [-0.2, 0) is 6.18 Å². The van der Waals surface area contributed by atoms with Crippen molar-refractivity contribution in [3.8, 4) is 16.5 Å². The summed E-state index contributed by atoms with van der Waals surface area (Å²) >= 11 is 6.83. The zero-order valence-corrected chi connectivity index (χ0v) is 10.3. The summed E-state index contributed by atoms with van der Waals surface area (Å²) in [5.74, 6) is 0. The van der Waals surface area contributed by atoms with Gasteiger partial charge in [0.15, 0.2) is 0 Å². The van der Waals surface area contributed by atoms with E-state index in [1.165, 1.54) is 23.5 Å². The van der Waals surface area contributed by atoms with Gasteiger partial charge in [-0.1, -0.05) is 17.7 Å². The molecule has 0 saturated heterocycles. The van der Waals surface area contributed by atoms with Crippen LogP contribution >= 0.6 is 22.9 Å². The number of rotatable bonds is 1. The number of nitriles is 1. The zero-order chi connectivity index (χ0) is 13.3. The minimum absolute atomic E-state index is 0.341. The fraction of sp³-hybridized carbons (Fsp3) is 0.0833. The van der Waals surface area contributed by atoms with Crippen LogP contribution in [0.15, 0.2) is 30.3 Å². The van der Waals surface area contributed by atoms with Crippen LogP contribution in [-0.4, -0.2) is 0 Å². The van der Waals surface area contributed by atoms with Crippen molar-refractivity contribution < 1.29 is 13.2 Å². The van der Waals surface area contributed by atoms with Gasteiger partial charge >= 0.3 is 6.18 Å². The van der Waals surface area contributed by atoms with Crippen molar-refractivity contribution in [3.05, 3.63) is 45.8 Å². The second-order valence-corrected chi connectivity index (χ2v) is 4.96. The van der Waals surface area contributed by atoms with Crippen LogP contribution < -0.4 is 0 Å². The van der Waals surface area contributed by atoms with Crippen LogP contribution in [0.3, 0.4) is 0 Å². The summed E-state index contributed by atoms with van der Waals surface area (Å²) < 4.78 is 37.6. The van der Waals surface area contributed by atoms with Crippen LogP contribution in [0.5, 0.6) is 0 Å². The molecular formula is C12H5ClF3NS. The Morgan fingerprint density at radius 3 is 2.39 bits per heavy atom. The molecule has 1 aromatic carbocycles. The average molecular weight is 288 g/mol. The lowest BCUT2D eigenvalue weighted by molar-refractivity contribution is -0.137. The third-order valence-corrected chi connectivity index (χ3v) is 3.63. The summed E-state index contributed by atoms with van der Waals surface area (Å²) in [6.07, 6.45) is -4.46. The van der Waals surface area contributed by atoms with Crippen LogP contribution in [0.1, 0.15) is 10.4 Å². The van der Waals surface area contributed by atoms with Crippen molar-refractivity contribution in [3.63, 3.8) is 0 Å². The fourth-order valence-corrected chi connectivity index (χ4v) is 2.54. The minimum Gasteiger partial charge on any atom is -0.192 e. The van der Waals surface area contributed by atoms with Gasteiger partial charge in [0.25, 0.3) is 0 Å². The van der Waals surface area contributed by atoms with Crippen LogP contribution in [0.2, 0.25) is 5.02 Å². The Morgan fingerprint density at radius 1 is 1.17 bits per heavy atom.